The largest absolute Gasteiger partial charge is 0.480 e. The fourth-order valence-corrected chi connectivity index (χ4v) is 2.00. The zero-order valence-corrected chi connectivity index (χ0v) is 11.8. The van der Waals surface area contributed by atoms with Crippen LogP contribution in [-0.4, -0.2) is 35.9 Å². The van der Waals surface area contributed by atoms with Crippen LogP contribution in [0, 0.1) is 0 Å². The van der Waals surface area contributed by atoms with E-state index in [1.165, 1.54) is 0 Å². The molecule has 0 aromatic rings. The van der Waals surface area contributed by atoms with Crippen LogP contribution in [0.3, 0.4) is 0 Å². The Bertz CT molecular complexity index is 283. The number of ether oxygens (including phenoxy) is 1. The van der Waals surface area contributed by atoms with E-state index in [0.717, 1.165) is 25.7 Å². The Labute approximate surface area is 119 Å². The van der Waals surface area contributed by atoms with Crippen molar-refractivity contribution in [1.82, 2.24) is 5.32 Å². The van der Waals surface area contributed by atoms with Crippen LogP contribution in [0.1, 0.15) is 44.9 Å². The lowest BCUT2D eigenvalue weighted by atomic mass is 10.1. The Morgan fingerprint density at radius 3 is 2.53 bits per heavy atom. The third-order valence-corrected chi connectivity index (χ3v) is 3.10. The number of carbonyl (C=O) groups is 2. The van der Waals surface area contributed by atoms with E-state index in [0.29, 0.717) is 25.8 Å². The van der Waals surface area contributed by atoms with Gasteiger partial charge in [-0.3, -0.25) is 4.79 Å². The van der Waals surface area contributed by atoms with Gasteiger partial charge in [0.05, 0.1) is 0 Å². The second kappa shape index (κ2) is 9.86. The van der Waals surface area contributed by atoms with Crippen molar-refractivity contribution in [3.05, 3.63) is 0 Å². The van der Waals surface area contributed by atoms with Crippen LogP contribution >= 0.6 is 12.4 Å². The summed E-state index contributed by atoms with van der Waals surface area (Å²) < 4.78 is 5.21. The third-order valence-electron chi connectivity index (χ3n) is 3.10. The fraction of sp³-hybridized carbons (Fsp3) is 0.833. The molecule has 1 saturated carbocycles. The Morgan fingerprint density at radius 1 is 1.32 bits per heavy atom. The molecule has 0 aromatic heterocycles. The highest BCUT2D eigenvalue weighted by atomic mass is 35.5. The number of nitrogens with one attached hydrogen (secondary N) is 1. The molecular weight excluding hydrogens is 272 g/mol. The van der Waals surface area contributed by atoms with Gasteiger partial charge in [0.15, 0.2) is 0 Å². The minimum absolute atomic E-state index is 0. The van der Waals surface area contributed by atoms with E-state index < -0.39 is 12.0 Å². The first-order valence-electron chi connectivity index (χ1n) is 6.52. The minimum Gasteiger partial charge on any atom is -0.480 e. The molecule has 1 aliphatic carbocycles. The van der Waals surface area contributed by atoms with Gasteiger partial charge in [-0.05, 0) is 44.9 Å². The molecular formula is C12H23ClN2O4. The molecule has 1 rings (SSSR count). The number of halogens is 1. The van der Waals surface area contributed by atoms with E-state index in [1.807, 2.05) is 0 Å². The zero-order chi connectivity index (χ0) is 13.4. The van der Waals surface area contributed by atoms with Gasteiger partial charge in [-0.2, -0.15) is 0 Å². The Hall–Kier alpha value is -1.01. The number of carboxylic acids is 1. The number of hydrogen-bond donors (Lipinski definition) is 3. The molecule has 1 atom stereocenters. The number of unbranched alkanes of at least 4 members (excludes halogenated alkanes) is 1. The van der Waals surface area contributed by atoms with Crippen LogP contribution in [0.15, 0.2) is 0 Å². The third kappa shape index (κ3) is 7.89. The van der Waals surface area contributed by atoms with Crippen molar-refractivity contribution >= 4 is 24.5 Å². The van der Waals surface area contributed by atoms with E-state index in [-0.39, 0.29) is 24.6 Å². The SMILES string of the molecule is Cl.N[C@@H](CCCCNC(=O)OC1CCCC1)C(=O)O. The van der Waals surface area contributed by atoms with Crippen LogP contribution in [0.4, 0.5) is 4.79 Å². The summed E-state index contributed by atoms with van der Waals surface area (Å²) in [5.74, 6) is -0.983. The predicted octanol–water partition coefficient (Wildman–Crippen LogP) is 1.66. The normalized spacial score (nSPS) is 16.5. The predicted molar refractivity (Wildman–Crippen MR) is 73.4 cm³/mol. The molecule has 1 amide bonds. The van der Waals surface area contributed by atoms with Crippen molar-refractivity contribution in [1.29, 1.82) is 0 Å². The molecule has 19 heavy (non-hydrogen) atoms. The van der Waals surface area contributed by atoms with Crippen molar-refractivity contribution in [2.75, 3.05) is 6.54 Å². The number of amides is 1. The molecule has 0 saturated heterocycles. The zero-order valence-electron chi connectivity index (χ0n) is 11.0. The molecule has 7 heteroatoms. The molecule has 0 bridgehead atoms. The van der Waals surface area contributed by atoms with Gasteiger partial charge in [0.1, 0.15) is 12.1 Å². The number of alkyl carbamates (subject to hydrolysis) is 1. The van der Waals surface area contributed by atoms with Gasteiger partial charge in [-0.1, -0.05) is 0 Å². The molecule has 0 radical (unpaired) electrons. The minimum atomic E-state index is -0.983. The van der Waals surface area contributed by atoms with Crippen LogP contribution < -0.4 is 11.1 Å². The van der Waals surface area contributed by atoms with Crippen molar-refractivity contribution in [3.63, 3.8) is 0 Å². The van der Waals surface area contributed by atoms with Crippen LogP contribution in [0.2, 0.25) is 0 Å². The van der Waals surface area contributed by atoms with Gasteiger partial charge in [0.2, 0.25) is 0 Å². The Morgan fingerprint density at radius 2 is 1.95 bits per heavy atom. The first-order chi connectivity index (χ1) is 8.59. The quantitative estimate of drug-likeness (QED) is 0.620. The Kier molecular flexibility index (Phi) is 9.34. The van der Waals surface area contributed by atoms with Gasteiger partial charge >= 0.3 is 12.1 Å². The van der Waals surface area contributed by atoms with Gasteiger partial charge in [0, 0.05) is 6.54 Å². The second-order valence-corrected chi connectivity index (χ2v) is 4.68. The van der Waals surface area contributed by atoms with Crippen molar-refractivity contribution in [2.24, 2.45) is 5.73 Å². The van der Waals surface area contributed by atoms with E-state index >= 15 is 0 Å². The summed E-state index contributed by atoms with van der Waals surface area (Å²) in [6.45, 7) is 0.498. The van der Waals surface area contributed by atoms with Crippen molar-refractivity contribution in [3.8, 4) is 0 Å². The van der Waals surface area contributed by atoms with E-state index in [4.69, 9.17) is 15.6 Å². The van der Waals surface area contributed by atoms with Crippen molar-refractivity contribution in [2.45, 2.75) is 57.1 Å². The molecule has 1 fully saturated rings. The topological polar surface area (TPSA) is 102 Å². The first-order valence-corrected chi connectivity index (χ1v) is 6.52. The molecule has 0 aliphatic heterocycles. The first kappa shape index (κ1) is 18.0. The van der Waals surface area contributed by atoms with Gasteiger partial charge in [0.25, 0.3) is 0 Å². The summed E-state index contributed by atoms with van der Waals surface area (Å²) in [5, 5.41) is 11.2. The fourth-order valence-electron chi connectivity index (χ4n) is 2.00. The molecule has 0 heterocycles. The summed E-state index contributed by atoms with van der Waals surface area (Å²) in [4.78, 5) is 21.8. The van der Waals surface area contributed by atoms with E-state index in [1.54, 1.807) is 0 Å². The number of aliphatic carboxylic acids is 1. The van der Waals surface area contributed by atoms with Gasteiger partial charge < -0.3 is 20.9 Å². The molecule has 1 aliphatic rings. The average molecular weight is 295 g/mol. The number of carboxylic acid groups (broad SMARTS) is 1. The highest BCUT2D eigenvalue weighted by Crippen LogP contribution is 2.20. The lowest BCUT2D eigenvalue weighted by molar-refractivity contribution is -0.138. The monoisotopic (exact) mass is 294 g/mol. The molecule has 112 valence electrons. The molecule has 0 aromatic carbocycles. The standard InChI is InChI=1S/C12H22N2O4.ClH/c13-10(11(15)16)7-3-4-8-14-12(17)18-9-5-1-2-6-9;/h9-10H,1-8,13H2,(H,14,17)(H,15,16);1H/t10-;/m0./s1. The van der Waals surface area contributed by atoms with Crippen LogP contribution in [0.25, 0.3) is 0 Å². The number of hydrogen-bond acceptors (Lipinski definition) is 4. The highest BCUT2D eigenvalue weighted by molar-refractivity contribution is 5.85. The maximum absolute atomic E-state index is 11.4. The molecule has 0 unspecified atom stereocenters. The molecule has 6 nitrogen and oxygen atoms in total. The lowest BCUT2D eigenvalue weighted by Gasteiger charge is -2.12. The summed E-state index contributed by atoms with van der Waals surface area (Å²) in [5.41, 5.74) is 5.36. The van der Waals surface area contributed by atoms with E-state index in [2.05, 4.69) is 5.32 Å². The Balaban J connectivity index is 0.00000324. The van der Waals surface area contributed by atoms with Crippen LogP contribution in [0.5, 0.6) is 0 Å². The highest BCUT2D eigenvalue weighted by Gasteiger charge is 2.18. The summed E-state index contributed by atoms with van der Waals surface area (Å²) >= 11 is 0. The number of carbonyl (C=O) groups excluding carboxylic acids is 1. The van der Waals surface area contributed by atoms with Gasteiger partial charge in [-0.25, -0.2) is 4.79 Å². The van der Waals surface area contributed by atoms with Crippen molar-refractivity contribution < 1.29 is 19.4 Å². The van der Waals surface area contributed by atoms with Gasteiger partial charge in [-0.15, -0.1) is 12.4 Å². The maximum Gasteiger partial charge on any atom is 0.407 e. The van der Waals surface area contributed by atoms with Crippen LogP contribution in [-0.2, 0) is 9.53 Å². The number of nitrogens with two attached hydrogens (primary N) is 1. The maximum atomic E-state index is 11.4. The average Bonchev–Trinajstić information content (AvgIpc) is 2.80. The second-order valence-electron chi connectivity index (χ2n) is 4.68. The summed E-state index contributed by atoms with van der Waals surface area (Å²) in [6.07, 6.45) is 5.69. The lowest BCUT2D eigenvalue weighted by Crippen LogP contribution is -2.31. The summed E-state index contributed by atoms with van der Waals surface area (Å²) in [7, 11) is 0. The molecule has 0 spiro atoms. The van der Waals surface area contributed by atoms with E-state index in [9.17, 15) is 9.59 Å². The molecule has 4 N–H and O–H groups in total. The number of rotatable bonds is 7. The smallest absolute Gasteiger partial charge is 0.407 e. The summed E-state index contributed by atoms with van der Waals surface area (Å²) in [6, 6.07) is -0.810.